The van der Waals surface area contributed by atoms with Crippen molar-refractivity contribution in [1.29, 1.82) is 0 Å². The molecule has 0 aliphatic rings. The molecule has 0 spiro atoms. The van der Waals surface area contributed by atoms with Gasteiger partial charge in [-0.3, -0.25) is 0 Å². The van der Waals surface area contributed by atoms with Crippen LogP contribution in [0.3, 0.4) is 0 Å². The third-order valence-corrected chi connectivity index (χ3v) is 1.82. The Morgan fingerprint density at radius 1 is 0.522 bits per heavy atom. The molecule has 0 unspecified atom stereocenters. The van der Waals surface area contributed by atoms with Crippen molar-refractivity contribution in [3.05, 3.63) is 109 Å². The van der Waals surface area contributed by atoms with Crippen LogP contribution < -0.4 is 10.2 Å². The summed E-state index contributed by atoms with van der Waals surface area (Å²) in [6, 6.07) is 37.5. The van der Waals surface area contributed by atoms with Gasteiger partial charge in [-0.05, 0) is 6.16 Å². The van der Waals surface area contributed by atoms with Crippen LogP contribution in [0.1, 0.15) is 0 Å². The van der Waals surface area contributed by atoms with Gasteiger partial charge in [0.1, 0.15) is 0 Å². The summed E-state index contributed by atoms with van der Waals surface area (Å²) in [5, 5.41) is 16.7. The maximum Gasteiger partial charge on any atom is 0 e. The van der Waals surface area contributed by atoms with E-state index >= 15 is 0 Å². The van der Waals surface area contributed by atoms with E-state index in [-0.39, 0.29) is 26.2 Å². The zero-order valence-corrected chi connectivity index (χ0v) is 15.8. The van der Waals surface area contributed by atoms with Crippen LogP contribution in [0.25, 0.3) is 0 Å². The van der Waals surface area contributed by atoms with Crippen LogP contribution >= 0.6 is 0 Å². The minimum absolute atomic E-state index is 0. The molecule has 3 rings (SSSR count). The molecule has 3 aromatic rings. The molecule has 0 saturated heterocycles. The molecule has 0 aliphatic carbocycles. The Morgan fingerprint density at radius 2 is 0.696 bits per heavy atom. The van der Waals surface area contributed by atoms with Crippen molar-refractivity contribution < 1.29 is 15.0 Å². The summed E-state index contributed by atoms with van der Waals surface area (Å²) in [6.45, 7) is 0. The maximum atomic E-state index is 8.33. The van der Waals surface area contributed by atoms with Gasteiger partial charge in [0.25, 0.3) is 0 Å². The Kier molecular flexibility index (Phi) is 19.9. The van der Waals surface area contributed by atoms with Crippen molar-refractivity contribution in [2.45, 2.75) is 0 Å². The zero-order chi connectivity index (χ0) is 16.3. The van der Waals surface area contributed by atoms with E-state index in [1.54, 1.807) is 0 Å². The third-order valence-electron chi connectivity index (χ3n) is 1.82. The molecule has 0 heterocycles. The number of rotatable bonds is 0. The molecule has 3 aromatic carbocycles. The third kappa shape index (κ3) is 25.1. The van der Waals surface area contributed by atoms with Crippen LogP contribution in [-0.2, 0) is 0 Å². The Balaban J connectivity index is 0. The first-order valence-corrected chi connectivity index (χ1v) is 6.34. The predicted molar refractivity (Wildman–Crippen MR) is 87.0 cm³/mol. The molecular weight excluding hydrogens is 485 g/mol. The normalized spacial score (nSPS) is 7.30. The molecule has 0 aromatic heterocycles. The number of hydrogen-bond acceptors (Lipinski definition) is 3. The van der Waals surface area contributed by atoms with Gasteiger partial charge in [0.15, 0.2) is 0 Å². The molecular formula is C19H15BiO3-5. The fraction of sp³-hybridized carbons (Fsp3) is 0. The Hall–Kier alpha value is -2.19. The van der Waals surface area contributed by atoms with E-state index in [9.17, 15) is 0 Å². The van der Waals surface area contributed by atoms with Gasteiger partial charge < -0.3 is 15.0 Å². The smallest absolute Gasteiger partial charge is 0 e. The first-order valence-electron chi connectivity index (χ1n) is 6.34. The van der Waals surface area contributed by atoms with Gasteiger partial charge in [-0.2, -0.15) is 109 Å². The Bertz CT molecular complexity index is 386. The summed E-state index contributed by atoms with van der Waals surface area (Å²) in [4.78, 5) is 8.33. The van der Waals surface area contributed by atoms with Gasteiger partial charge >= 0.3 is 0 Å². The molecule has 0 bridgehead atoms. The van der Waals surface area contributed by atoms with Crippen molar-refractivity contribution >= 4 is 32.4 Å². The van der Waals surface area contributed by atoms with Crippen LogP contribution in [0.2, 0.25) is 0 Å². The van der Waals surface area contributed by atoms with Crippen LogP contribution in [0.4, 0.5) is 4.79 Å². The molecule has 0 atom stereocenters. The fourth-order valence-electron chi connectivity index (χ4n) is 1.03. The largest absolute Gasteiger partial charge is 0.652 e. The van der Waals surface area contributed by atoms with E-state index in [0.29, 0.717) is 0 Å². The quantitative estimate of drug-likeness (QED) is 0.349. The van der Waals surface area contributed by atoms with E-state index in [0.717, 1.165) is 0 Å². The Labute approximate surface area is 156 Å². The van der Waals surface area contributed by atoms with Crippen molar-refractivity contribution in [2.24, 2.45) is 0 Å². The summed E-state index contributed by atoms with van der Waals surface area (Å²) in [6.07, 6.45) is -2.33. The van der Waals surface area contributed by atoms with Crippen molar-refractivity contribution in [3.63, 3.8) is 0 Å². The maximum absolute atomic E-state index is 8.33. The molecule has 0 saturated carbocycles. The molecule has 23 heavy (non-hydrogen) atoms. The molecule has 0 N–H and O–H groups in total. The SMILES string of the molecule is O=C([O-])[O-].[Bi].[c-]1ccccc1.[c-]1ccccc1.[c-]1ccccc1. The number of hydrogen-bond donors (Lipinski definition) is 0. The second kappa shape index (κ2) is 19.8. The first kappa shape index (κ1) is 23.1. The number of benzene rings is 3. The number of carbonyl (C=O) groups excluding carboxylic acids is 1. The monoisotopic (exact) mass is 500 g/mol. The van der Waals surface area contributed by atoms with Gasteiger partial charge in [-0.25, -0.2) is 0 Å². The zero-order valence-electron chi connectivity index (χ0n) is 12.3. The van der Waals surface area contributed by atoms with Crippen molar-refractivity contribution in [1.82, 2.24) is 0 Å². The van der Waals surface area contributed by atoms with E-state index in [2.05, 4.69) is 18.2 Å². The van der Waals surface area contributed by atoms with Gasteiger partial charge in [-0.1, -0.05) is 0 Å². The van der Waals surface area contributed by atoms with E-state index in [1.807, 2.05) is 91.0 Å². The first-order chi connectivity index (χ1) is 10.7. The van der Waals surface area contributed by atoms with Crippen LogP contribution in [0.15, 0.2) is 91.0 Å². The second-order valence-corrected chi connectivity index (χ2v) is 3.48. The molecule has 0 amide bonds. The molecule has 3 nitrogen and oxygen atoms in total. The average molecular weight is 500 g/mol. The van der Waals surface area contributed by atoms with Crippen LogP contribution in [0, 0.1) is 18.2 Å². The molecule has 119 valence electrons. The van der Waals surface area contributed by atoms with E-state index in [1.165, 1.54) is 0 Å². The Morgan fingerprint density at radius 3 is 0.739 bits per heavy atom. The van der Waals surface area contributed by atoms with Gasteiger partial charge in [0, 0.05) is 26.2 Å². The second-order valence-electron chi connectivity index (χ2n) is 3.48. The van der Waals surface area contributed by atoms with Crippen molar-refractivity contribution in [3.8, 4) is 0 Å². The molecule has 0 fully saturated rings. The molecule has 0 aliphatic heterocycles. The summed E-state index contributed by atoms with van der Waals surface area (Å²) in [5.41, 5.74) is 0. The minimum Gasteiger partial charge on any atom is -0.652 e. The van der Waals surface area contributed by atoms with Gasteiger partial charge in [-0.15, -0.1) is 0 Å². The number of carbonyl (C=O) groups is 1. The van der Waals surface area contributed by atoms with E-state index < -0.39 is 6.16 Å². The summed E-state index contributed by atoms with van der Waals surface area (Å²) >= 11 is 0. The number of carboxylic acid groups (broad SMARTS) is 2. The topological polar surface area (TPSA) is 63.2 Å². The van der Waals surface area contributed by atoms with Gasteiger partial charge in [0.05, 0.1) is 0 Å². The average Bonchev–Trinajstić information content (AvgIpc) is 2.60. The van der Waals surface area contributed by atoms with Crippen LogP contribution in [0.5, 0.6) is 0 Å². The molecule has 4 heteroatoms. The van der Waals surface area contributed by atoms with E-state index in [4.69, 9.17) is 15.0 Å². The standard InChI is InChI=1S/3C6H5.CH2O3.Bi/c3*1-2-4-6-5-3-1;2-1(3)4;/h3*1-5H;(H2,2,3,4);/q3*-1;;/p-2. The summed E-state index contributed by atoms with van der Waals surface area (Å²) in [5.74, 6) is 0. The summed E-state index contributed by atoms with van der Waals surface area (Å²) in [7, 11) is 0. The summed E-state index contributed by atoms with van der Waals surface area (Å²) < 4.78 is 0. The van der Waals surface area contributed by atoms with Crippen LogP contribution in [-0.4, -0.2) is 32.4 Å². The molecule has 3 radical (unpaired) electrons. The van der Waals surface area contributed by atoms with Gasteiger partial charge in [0.2, 0.25) is 0 Å². The predicted octanol–water partition coefficient (Wildman–Crippen LogP) is 1.63. The minimum atomic E-state index is -2.33. The van der Waals surface area contributed by atoms with Crippen molar-refractivity contribution in [2.75, 3.05) is 0 Å². The fourth-order valence-corrected chi connectivity index (χ4v) is 1.03.